The van der Waals surface area contributed by atoms with Crippen LogP contribution >= 0.6 is 0 Å². The molecule has 0 aliphatic rings. The standard InChI is InChI=1S/C10H8F3N3/c11-10(12,13)9-5-16(6-15-9)8-3-1-7(14)2-4-8/h1-6H,14H2. The molecule has 2 rings (SSSR count). The van der Waals surface area contributed by atoms with Crippen LogP contribution in [0.25, 0.3) is 5.69 Å². The Bertz CT molecular complexity index is 485. The molecule has 0 aliphatic carbocycles. The fourth-order valence-electron chi connectivity index (χ4n) is 1.26. The van der Waals surface area contributed by atoms with Crippen LogP contribution in [0.3, 0.4) is 0 Å². The monoisotopic (exact) mass is 227 g/mol. The van der Waals surface area contributed by atoms with Crippen LogP contribution in [0, 0.1) is 0 Å². The maximum atomic E-state index is 12.3. The number of nitrogens with two attached hydrogens (primary N) is 1. The molecule has 0 atom stereocenters. The first kappa shape index (κ1) is 10.5. The van der Waals surface area contributed by atoms with Gasteiger partial charge in [-0.3, -0.25) is 0 Å². The number of nitrogen functional groups attached to an aromatic ring is 1. The van der Waals surface area contributed by atoms with E-state index in [9.17, 15) is 13.2 Å². The first-order chi connectivity index (χ1) is 7.47. The lowest BCUT2D eigenvalue weighted by Crippen LogP contribution is -2.04. The highest BCUT2D eigenvalue weighted by Gasteiger charge is 2.33. The third-order valence-corrected chi connectivity index (χ3v) is 2.06. The normalized spacial score (nSPS) is 11.7. The highest BCUT2D eigenvalue weighted by Crippen LogP contribution is 2.28. The third kappa shape index (κ3) is 2.00. The Hall–Kier alpha value is -1.98. The minimum atomic E-state index is -4.42. The van der Waals surface area contributed by atoms with Gasteiger partial charge in [-0.25, -0.2) is 4.98 Å². The van der Waals surface area contributed by atoms with Crippen molar-refractivity contribution in [2.45, 2.75) is 6.18 Å². The van der Waals surface area contributed by atoms with Gasteiger partial charge in [0, 0.05) is 17.6 Å². The molecule has 3 nitrogen and oxygen atoms in total. The Kier molecular flexibility index (Phi) is 2.34. The molecule has 6 heteroatoms. The SMILES string of the molecule is Nc1ccc(-n2cnc(C(F)(F)F)c2)cc1. The van der Waals surface area contributed by atoms with Crippen molar-refractivity contribution < 1.29 is 13.2 Å². The molecular weight excluding hydrogens is 219 g/mol. The van der Waals surface area contributed by atoms with Gasteiger partial charge in [0.2, 0.25) is 0 Å². The summed E-state index contributed by atoms with van der Waals surface area (Å²) in [6.45, 7) is 0. The van der Waals surface area contributed by atoms with Crippen LogP contribution in [0.5, 0.6) is 0 Å². The van der Waals surface area contributed by atoms with Crippen molar-refractivity contribution in [3.63, 3.8) is 0 Å². The van der Waals surface area contributed by atoms with Gasteiger partial charge in [-0.1, -0.05) is 0 Å². The molecule has 0 bridgehead atoms. The minimum absolute atomic E-state index is 0.555. The number of rotatable bonds is 1. The second-order valence-electron chi connectivity index (χ2n) is 3.26. The number of hydrogen-bond donors (Lipinski definition) is 1. The molecule has 1 heterocycles. The molecule has 0 amide bonds. The van der Waals surface area contributed by atoms with Gasteiger partial charge < -0.3 is 10.3 Å². The summed E-state index contributed by atoms with van der Waals surface area (Å²) < 4.78 is 38.1. The van der Waals surface area contributed by atoms with Crippen LogP contribution in [-0.2, 0) is 6.18 Å². The van der Waals surface area contributed by atoms with Gasteiger partial charge in [-0.2, -0.15) is 13.2 Å². The Morgan fingerprint density at radius 2 is 1.75 bits per heavy atom. The number of imidazole rings is 1. The average molecular weight is 227 g/mol. The van der Waals surface area contributed by atoms with Gasteiger partial charge in [0.05, 0.1) is 6.33 Å². The van der Waals surface area contributed by atoms with Crippen LogP contribution in [0.2, 0.25) is 0 Å². The summed E-state index contributed by atoms with van der Waals surface area (Å²) in [5, 5.41) is 0. The van der Waals surface area contributed by atoms with Gasteiger partial charge >= 0.3 is 6.18 Å². The predicted octanol–water partition coefficient (Wildman–Crippen LogP) is 2.47. The second-order valence-corrected chi connectivity index (χ2v) is 3.26. The zero-order valence-electron chi connectivity index (χ0n) is 8.07. The first-order valence-corrected chi connectivity index (χ1v) is 4.44. The van der Waals surface area contributed by atoms with Crippen molar-refractivity contribution >= 4 is 5.69 Å². The van der Waals surface area contributed by atoms with Crippen LogP contribution in [0.4, 0.5) is 18.9 Å². The van der Waals surface area contributed by atoms with E-state index in [0.717, 1.165) is 12.5 Å². The van der Waals surface area contributed by atoms with Crippen LogP contribution in [0.15, 0.2) is 36.8 Å². The summed E-state index contributed by atoms with van der Waals surface area (Å²) in [4.78, 5) is 3.29. The molecule has 0 saturated heterocycles. The molecule has 84 valence electrons. The highest BCUT2D eigenvalue weighted by atomic mass is 19.4. The lowest BCUT2D eigenvalue weighted by atomic mass is 10.3. The van der Waals surface area contributed by atoms with Crippen molar-refractivity contribution in [2.24, 2.45) is 0 Å². The molecule has 0 aliphatic heterocycles. The number of alkyl halides is 3. The maximum Gasteiger partial charge on any atom is 0.434 e. The maximum absolute atomic E-state index is 12.3. The van der Waals surface area contributed by atoms with E-state index < -0.39 is 11.9 Å². The fourth-order valence-corrected chi connectivity index (χ4v) is 1.26. The summed E-state index contributed by atoms with van der Waals surface area (Å²) in [6, 6.07) is 6.47. The molecular formula is C10H8F3N3. The van der Waals surface area contributed by atoms with Crippen molar-refractivity contribution in [2.75, 3.05) is 5.73 Å². The average Bonchev–Trinajstić information content (AvgIpc) is 2.67. The van der Waals surface area contributed by atoms with Crippen LogP contribution < -0.4 is 5.73 Å². The molecule has 0 fully saturated rings. The number of benzene rings is 1. The Labute approximate surface area is 89.3 Å². The lowest BCUT2D eigenvalue weighted by molar-refractivity contribution is -0.140. The van der Waals surface area contributed by atoms with Crippen molar-refractivity contribution in [3.05, 3.63) is 42.5 Å². The topological polar surface area (TPSA) is 43.8 Å². The van der Waals surface area contributed by atoms with E-state index in [1.54, 1.807) is 24.3 Å². The molecule has 0 radical (unpaired) electrons. The van der Waals surface area contributed by atoms with E-state index in [0.29, 0.717) is 11.4 Å². The van der Waals surface area contributed by atoms with Crippen molar-refractivity contribution in [1.29, 1.82) is 0 Å². The van der Waals surface area contributed by atoms with Crippen LogP contribution in [-0.4, -0.2) is 9.55 Å². The zero-order valence-corrected chi connectivity index (χ0v) is 8.07. The summed E-state index contributed by atoms with van der Waals surface area (Å²) in [5.74, 6) is 0. The smallest absolute Gasteiger partial charge is 0.399 e. The van der Waals surface area contributed by atoms with E-state index in [1.165, 1.54) is 4.57 Å². The number of aromatic nitrogens is 2. The number of anilines is 1. The van der Waals surface area contributed by atoms with E-state index >= 15 is 0 Å². The summed E-state index contributed by atoms with van der Waals surface area (Å²) in [6.07, 6.45) is -2.36. The second kappa shape index (κ2) is 3.55. The molecule has 16 heavy (non-hydrogen) atoms. The Morgan fingerprint density at radius 3 is 2.25 bits per heavy atom. The van der Waals surface area contributed by atoms with Gasteiger partial charge in [-0.15, -0.1) is 0 Å². The fraction of sp³-hybridized carbons (Fsp3) is 0.100. The quantitative estimate of drug-likeness (QED) is 0.760. The zero-order chi connectivity index (χ0) is 11.8. The molecule has 1 aromatic heterocycles. The van der Waals surface area contributed by atoms with Gasteiger partial charge in [0.1, 0.15) is 0 Å². The van der Waals surface area contributed by atoms with E-state index in [-0.39, 0.29) is 0 Å². The minimum Gasteiger partial charge on any atom is -0.399 e. The summed E-state index contributed by atoms with van der Waals surface area (Å²) in [7, 11) is 0. The van der Waals surface area contributed by atoms with Gasteiger partial charge in [-0.05, 0) is 24.3 Å². The lowest BCUT2D eigenvalue weighted by Gasteiger charge is -2.02. The van der Waals surface area contributed by atoms with E-state index in [2.05, 4.69) is 4.98 Å². The van der Waals surface area contributed by atoms with E-state index in [1.807, 2.05) is 0 Å². The van der Waals surface area contributed by atoms with Gasteiger partial charge in [0.15, 0.2) is 5.69 Å². The largest absolute Gasteiger partial charge is 0.434 e. The van der Waals surface area contributed by atoms with Crippen molar-refractivity contribution in [3.8, 4) is 5.69 Å². The number of hydrogen-bond acceptors (Lipinski definition) is 2. The predicted molar refractivity (Wildman–Crippen MR) is 53.0 cm³/mol. The third-order valence-electron chi connectivity index (χ3n) is 2.06. The molecule has 2 N–H and O–H groups in total. The van der Waals surface area contributed by atoms with Crippen LogP contribution in [0.1, 0.15) is 5.69 Å². The first-order valence-electron chi connectivity index (χ1n) is 4.44. The number of halogens is 3. The molecule has 0 saturated carbocycles. The van der Waals surface area contributed by atoms with E-state index in [4.69, 9.17) is 5.73 Å². The van der Waals surface area contributed by atoms with Gasteiger partial charge in [0.25, 0.3) is 0 Å². The highest BCUT2D eigenvalue weighted by molar-refractivity contribution is 5.45. The summed E-state index contributed by atoms with van der Waals surface area (Å²) in [5.41, 5.74) is 5.70. The number of nitrogens with zero attached hydrogens (tertiary/aromatic N) is 2. The molecule has 1 aromatic carbocycles. The molecule has 2 aromatic rings. The Balaban J connectivity index is 2.35. The van der Waals surface area contributed by atoms with Crippen molar-refractivity contribution in [1.82, 2.24) is 9.55 Å². The Morgan fingerprint density at radius 1 is 1.12 bits per heavy atom. The molecule has 0 spiro atoms. The summed E-state index contributed by atoms with van der Waals surface area (Å²) >= 11 is 0. The molecule has 0 unspecified atom stereocenters.